The lowest BCUT2D eigenvalue weighted by atomic mass is 9.89. The van der Waals surface area contributed by atoms with E-state index in [1.807, 2.05) is 33.8 Å². The summed E-state index contributed by atoms with van der Waals surface area (Å²) < 4.78 is 0. The van der Waals surface area contributed by atoms with Gasteiger partial charge in [-0.05, 0) is 63.5 Å². The SMILES string of the molecule is Cc1ccc(C(=O)N=C(N)CC(=O)C(C)(C)C)cc1Nc1ncnc2cnc(N3CCN(CC4CCN(C)CC4)CC3)nc12. The van der Waals surface area contributed by atoms with Crippen molar-refractivity contribution in [2.45, 2.75) is 47.0 Å². The van der Waals surface area contributed by atoms with Crippen LogP contribution in [0.4, 0.5) is 17.5 Å². The largest absolute Gasteiger partial charge is 0.387 e. The number of fused-ring (bicyclic) bond motifs is 1. The zero-order valence-corrected chi connectivity index (χ0v) is 26.5. The normalized spacial score (nSPS) is 17.7. The van der Waals surface area contributed by atoms with Crippen molar-refractivity contribution in [3.05, 3.63) is 41.9 Å². The van der Waals surface area contributed by atoms with Crippen LogP contribution in [0.15, 0.2) is 35.7 Å². The van der Waals surface area contributed by atoms with Crippen molar-refractivity contribution in [3.63, 3.8) is 0 Å². The highest BCUT2D eigenvalue weighted by atomic mass is 16.1. The van der Waals surface area contributed by atoms with Crippen LogP contribution in [0.25, 0.3) is 11.0 Å². The molecule has 0 unspecified atom stereocenters. The third kappa shape index (κ3) is 7.72. The van der Waals surface area contributed by atoms with Crippen LogP contribution in [-0.2, 0) is 4.79 Å². The maximum Gasteiger partial charge on any atom is 0.278 e. The van der Waals surface area contributed by atoms with Crippen LogP contribution in [0.2, 0.25) is 0 Å². The average Bonchev–Trinajstić information content (AvgIpc) is 2.99. The molecule has 2 aliphatic heterocycles. The Kier molecular flexibility index (Phi) is 9.50. The summed E-state index contributed by atoms with van der Waals surface area (Å²) in [5, 5.41) is 3.34. The molecule has 0 aliphatic carbocycles. The predicted molar refractivity (Wildman–Crippen MR) is 173 cm³/mol. The Hall–Kier alpha value is -4.03. The van der Waals surface area contributed by atoms with Gasteiger partial charge < -0.3 is 20.9 Å². The number of aromatic nitrogens is 4. The lowest BCUT2D eigenvalue weighted by Crippen LogP contribution is -2.49. The molecule has 0 radical (unpaired) electrons. The zero-order chi connectivity index (χ0) is 31.4. The number of carbonyl (C=O) groups excluding carboxylic acids is 2. The molecule has 2 saturated heterocycles. The molecule has 0 saturated carbocycles. The van der Waals surface area contributed by atoms with E-state index >= 15 is 0 Å². The van der Waals surface area contributed by atoms with Crippen LogP contribution in [0, 0.1) is 18.3 Å². The topological polar surface area (TPSA) is 146 Å². The van der Waals surface area contributed by atoms with Crippen molar-refractivity contribution in [1.82, 2.24) is 29.7 Å². The van der Waals surface area contributed by atoms with Gasteiger partial charge in [0.05, 0.1) is 12.6 Å². The molecular formula is C32H44N10O2. The highest BCUT2D eigenvalue weighted by Crippen LogP contribution is 2.27. The summed E-state index contributed by atoms with van der Waals surface area (Å²) in [6.07, 6.45) is 5.68. The smallest absolute Gasteiger partial charge is 0.278 e. The number of carbonyl (C=O) groups is 2. The quantitative estimate of drug-likeness (QED) is 0.290. The Bertz CT molecular complexity index is 1530. The van der Waals surface area contributed by atoms with Crippen LogP contribution in [0.5, 0.6) is 0 Å². The summed E-state index contributed by atoms with van der Waals surface area (Å²) in [5.74, 6) is 1.36. The number of aliphatic imine (C=N–C) groups is 1. The number of Topliss-reactive ketones (excluding diaryl/α,β-unsaturated/α-hetero) is 1. The van der Waals surface area contributed by atoms with Gasteiger partial charge in [-0.2, -0.15) is 4.99 Å². The van der Waals surface area contributed by atoms with E-state index in [2.05, 4.69) is 47.0 Å². The molecule has 234 valence electrons. The Morgan fingerprint density at radius 3 is 2.48 bits per heavy atom. The maximum atomic E-state index is 12.9. The number of anilines is 3. The molecule has 1 amide bonds. The molecule has 0 atom stereocenters. The van der Waals surface area contributed by atoms with Crippen LogP contribution >= 0.6 is 0 Å². The maximum absolute atomic E-state index is 12.9. The van der Waals surface area contributed by atoms with Crippen LogP contribution < -0.4 is 16.0 Å². The number of hydrogen-bond donors (Lipinski definition) is 2. The van der Waals surface area contributed by atoms with Crippen LogP contribution in [-0.4, -0.2) is 100 Å². The summed E-state index contributed by atoms with van der Waals surface area (Å²) in [6, 6.07) is 5.23. The third-order valence-electron chi connectivity index (χ3n) is 8.54. The first-order chi connectivity index (χ1) is 21.0. The number of piperazine rings is 1. The van der Waals surface area contributed by atoms with Gasteiger partial charge in [0.25, 0.3) is 5.91 Å². The molecule has 12 nitrogen and oxygen atoms in total. The lowest BCUT2D eigenvalue weighted by Gasteiger charge is -2.38. The first kappa shape index (κ1) is 31.4. The van der Waals surface area contributed by atoms with Crippen molar-refractivity contribution < 1.29 is 9.59 Å². The number of likely N-dealkylation sites (tertiary alicyclic amines) is 1. The summed E-state index contributed by atoms with van der Waals surface area (Å²) >= 11 is 0. The molecule has 0 bridgehead atoms. The van der Waals surface area contributed by atoms with Gasteiger partial charge >= 0.3 is 0 Å². The Labute approximate surface area is 259 Å². The van der Waals surface area contributed by atoms with Gasteiger partial charge in [-0.15, -0.1) is 0 Å². The molecule has 44 heavy (non-hydrogen) atoms. The minimum Gasteiger partial charge on any atom is -0.387 e. The van der Waals surface area contributed by atoms with Gasteiger partial charge in [0.15, 0.2) is 5.82 Å². The second kappa shape index (κ2) is 13.3. The zero-order valence-electron chi connectivity index (χ0n) is 26.5. The molecule has 3 aromatic rings. The van der Waals surface area contributed by atoms with E-state index < -0.39 is 11.3 Å². The van der Waals surface area contributed by atoms with E-state index in [1.165, 1.54) is 32.3 Å². The molecule has 2 aromatic heterocycles. The highest BCUT2D eigenvalue weighted by molar-refractivity contribution is 6.09. The van der Waals surface area contributed by atoms with Gasteiger partial charge in [-0.1, -0.05) is 26.8 Å². The van der Waals surface area contributed by atoms with Gasteiger partial charge in [-0.3, -0.25) is 14.5 Å². The van der Waals surface area contributed by atoms with E-state index in [0.717, 1.165) is 44.2 Å². The van der Waals surface area contributed by atoms with E-state index in [1.54, 1.807) is 18.3 Å². The molecule has 5 rings (SSSR count). The number of benzene rings is 1. The van der Waals surface area contributed by atoms with E-state index in [0.29, 0.717) is 34.1 Å². The van der Waals surface area contributed by atoms with Gasteiger partial charge in [-0.25, -0.2) is 19.9 Å². The minimum absolute atomic E-state index is 0.00122. The minimum atomic E-state index is -0.561. The number of aryl methyl sites for hydroxylation is 1. The molecule has 0 spiro atoms. The summed E-state index contributed by atoms with van der Waals surface area (Å²) in [4.78, 5) is 54.8. The number of nitrogens with zero attached hydrogens (tertiary/aromatic N) is 8. The fourth-order valence-corrected chi connectivity index (χ4v) is 5.51. The Morgan fingerprint density at radius 2 is 1.77 bits per heavy atom. The lowest BCUT2D eigenvalue weighted by molar-refractivity contribution is -0.125. The molecule has 1 aromatic carbocycles. The Balaban J connectivity index is 1.28. The van der Waals surface area contributed by atoms with E-state index in [9.17, 15) is 9.59 Å². The number of piperidine rings is 1. The van der Waals surface area contributed by atoms with Crippen molar-refractivity contribution in [2.24, 2.45) is 22.1 Å². The number of amides is 1. The number of ketones is 1. The molecule has 4 heterocycles. The van der Waals surface area contributed by atoms with Crippen molar-refractivity contribution in [2.75, 3.05) is 63.1 Å². The summed E-state index contributed by atoms with van der Waals surface area (Å²) in [7, 11) is 2.21. The van der Waals surface area contributed by atoms with Crippen molar-refractivity contribution in [3.8, 4) is 0 Å². The summed E-state index contributed by atoms with van der Waals surface area (Å²) in [6.45, 7) is 14.6. The second-order valence-corrected chi connectivity index (χ2v) is 13.1. The van der Waals surface area contributed by atoms with Crippen LogP contribution in [0.1, 0.15) is 56.0 Å². The molecule has 12 heteroatoms. The molecule has 2 aliphatic rings. The fourth-order valence-electron chi connectivity index (χ4n) is 5.51. The number of hydrogen-bond acceptors (Lipinski definition) is 10. The second-order valence-electron chi connectivity index (χ2n) is 13.1. The average molecular weight is 601 g/mol. The van der Waals surface area contributed by atoms with Gasteiger partial charge in [0.2, 0.25) is 5.95 Å². The van der Waals surface area contributed by atoms with Crippen LogP contribution in [0.3, 0.4) is 0 Å². The first-order valence-electron chi connectivity index (χ1n) is 15.4. The molecular weight excluding hydrogens is 556 g/mol. The van der Waals surface area contributed by atoms with Gasteiger partial charge in [0.1, 0.15) is 29.0 Å². The summed E-state index contributed by atoms with van der Waals surface area (Å²) in [5.41, 5.74) is 8.54. The van der Waals surface area contributed by atoms with Crippen molar-refractivity contribution in [1.29, 1.82) is 0 Å². The third-order valence-corrected chi connectivity index (χ3v) is 8.54. The van der Waals surface area contributed by atoms with E-state index in [-0.39, 0.29) is 18.0 Å². The number of nitrogens with one attached hydrogen (secondary N) is 1. The highest BCUT2D eigenvalue weighted by Gasteiger charge is 2.25. The monoisotopic (exact) mass is 600 g/mol. The number of nitrogens with two attached hydrogens (primary N) is 1. The predicted octanol–water partition coefficient (Wildman–Crippen LogP) is 3.44. The fraction of sp³-hybridized carbons (Fsp3) is 0.531. The van der Waals surface area contributed by atoms with E-state index in [4.69, 9.17) is 10.7 Å². The molecule has 3 N–H and O–H groups in total. The standard InChI is InChI=1S/C32H44N10O2/c1-21-6-7-23(30(44)38-27(33)17-26(43)32(2,3)4)16-24(21)37-29-28-25(35-20-36-29)18-34-31(39-28)42-14-12-41(13-15-42)19-22-8-10-40(5)11-9-22/h6-7,16,18,20,22H,8-15,17,19H2,1-5H3,(H2,33,38,44)(H,35,36,37). The number of rotatable bonds is 8. The van der Waals surface area contributed by atoms with Crippen molar-refractivity contribution >= 4 is 46.0 Å². The molecule has 2 fully saturated rings. The first-order valence-corrected chi connectivity index (χ1v) is 15.4. The number of amidine groups is 1. The van der Waals surface area contributed by atoms with Gasteiger partial charge in [0, 0.05) is 49.4 Å². The Morgan fingerprint density at radius 1 is 1.05 bits per heavy atom.